The maximum Gasteiger partial charge on any atom is 0.241 e. The normalized spacial score (nSPS) is 15.9. The van der Waals surface area contributed by atoms with E-state index in [0.717, 1.165) is 43.2 Å². The van der Waals surface area contributed by atoms with Crippen molar-refractivity contribution >= 4 is 29.0 Å². The second kappa shape index (κ2) is 8.38. The third-order valence-electron chi connectivity index (χ3n) is 4.90. The SMILES string of the molecule is Cc1ccc(Cl)cc1NC(=O)C(C)N1CCN(c2cc(C#N)ccn2)CC1. The molecule has 2 heterocycles. The van der Waals surface area contributed by atoms with E-state index in [1.165, 1.54) is 0 Å². The summed E-state index contributed by atoms with van der Waals surface area (Å²) in [6.45, 7) is 6.88. The van der Waals surface area contributed by atoms with Gasteiger partial charge in [-0.05, 0) is 43.7 Å². The molecule has 1 aliphatic rings. The molecule has 1 aromatic heterocycles. The molecule has 0 aliphatic carbocycles. The number of anilines is 2. The van der Waals surface area contributed by atoms with Gasteiger partial charge in [-0.2, -0.15) is 5.26 Å². The number of aromatic nitrogens is 1. The van der Waals surface area contributed by atoms with Gasteiger partial charge >= 0.3 is 0 Å². The number of rotatable bonds is 4. The van der Waals surface area contributed by atoms with Gasteiger partial charge in [-0.25, -0.2) is 4.98 Å². The fourth-order valence-corrected chi connectivity index (χ4v) is 3.30. The molecule has 27 heavy (non-hydrogen) atoms. The van der Waals surface area contributed by atoms with Crippen LogP contribution in [-0.2, 0) is 4.79 Å². The van der Waals surface area contributed by atoms with Crippen molar-refractivity contribution in [2.24, 2.45) is 0 Å². The largest absolute Gasteiger partial charge is 0.354 e. The van der Waals surface area contributed by atoms with Crippen molar-refractivity contribution in [3.05, 3.63) is 52.7 Å². The number of nitrogens with one attached hydrogen (secondary N) is 1. The lowest BCUT2D eigenvalue weighted by Gasteiger charge is -2.38. The minimum Gasteiger partial charge on any atom is -0.354 e. The highest BCUT2D eigenvalue weighted by Gasteiger charge is 2.26. The molecule has 1 fully saturated rings. The van der Waals surface area contributed by atoms with E-state index in [4.69, 9.17) is 16.9 Å². The van der Waals surface area contributed by atoms with Gasteiger partial charge in [-0.3, -0.25) is 9.69 Å². The summed E-state index contributed by atoms with van der Waals surface area (Å²) < 4.78 is 0. The summed E-state index contributed by atoms with van der Waals surface area (Å²) in [5.74, 6) is 0.763. The molecule has 6 nitrogen and oxygen atoms in total. The van der Waals surface area contributed by atoms with Crippen molar-refractivity contribution in [3.63, 3.8) is 0 Å². The number of hydrogen-bond donors (Lipinski definition) is 1. The van der Waals surface area contributed by atoms with Crippen LogP contribution in [0.4, 0.5) is 11.5 Å². The summed E-state index contributed by atoms with van der Waals surface area (Å²) in [7, 11) is 0. The number of hydrogen-bond acceptors (Lipinski definition) is 5. The lowest BCUT2D eigenvalue weighted by molar-refractivity contribution is -0.120. The fourth-order valence-electron chi connectivity index (χ4n) is 3.13. The van der Waals surface area contributed by atoms with Gasteiger partial charge in [0.1, 0.15) is 5.82 Å². The number of carbonyl (C=O) groups is 1. The highest BCUT2D eigenvalue weighted by Crippen LogP contribution is 2.21. The molecule has 1 saturated heterocycles. The molecule has 1 unspecified atom stereocenters. The Morgan fingerprint density at radius 2 is 2.00 bits per heavy atom. The van der Waals surface area contributed by atoms with Crippen molar-refractivity contribution in [1.82, 2.24) is 9.88 Å². The molecule has 1 N–H and O–H groups in total. The molecule has 7 heteroatoms. The Balaban J connectivity index is 1.59. The summed E-state index contributed by atoms with van der Waals surface area (Å²) in [5, 5.41) is 12.6. The average Bonchev–Trinajstić information content (AvgIpc) is 2.70. The molecule has 2 aromatic rings. The lowest BCUT2D eigenvalue weighted by atomic mass is 10.1. The number of aryl methyl sites for hydroxylation is 1. The van der Waals surface area contributed by atoms with Crippen molar-refractivity contribution in [2.75, 3.05) is 36.4 Å². The molecule has 0 radical (unpaired) electrons. The van der Waals surface area contributed by atoms with Crippen LogP contribution in [-0.4, -0.2) is 48.0 Å². The molecular weight excluding hydrogens is 362 g/mol. The molecule has 0 spiro atoms. The number of pyridine rings is 1. The van der Waals surface area contributed by atoms with Crippen LogP contribution in [0.5, 0.6) is 0 Å². The van der Waals surface area contributed by atoms with Gasteiger partial charge in [-0.15, -0.1) is 0 Å². The Kier molecular flexibility index (Phi) is 5.94. The molecule has 3 rings (SSSR count). The molecule has 1 aromatic carbocycles. The van der Waals surface area contributed by atoms with Crippen LogP contribution in [0.15, 0.2) is 36.5 Å². The standard InChI is InChI=1S/C20H22ClN5O/c1-14-3-4-17(21)12-18(14)24-20(27)15(2)25-7-9-26(10-8-25)19-11-16(13-22)5-6-23-19/h3-6,11-12,15H,7-10H2,1-2H3,(H,24,27). The van der Waals surface area contributed by atoms with E-state index in [9.17, 15) is 4.79 Å². The van der Waals surface area contributed by atoms with Crippen LogP contribution >= 0.6 is 11.6 Å². The highest BCUT2D eigenvalue weighted by atomic mass is 35.5. The predicted molar refractivity (Wildman–Crippen MR) is 107 cm³/mol. The first-order valence-electron chi connectivity index (χ1n) is 8.90. The quantitative estimate of drug-likeness (QED) is 0.878. The van der Waals surface area contributed by atoms with E-state index in [1.807, 2.05) is 26.0 Å². The van der Waals surface area contributed by atoms with Gasteiger partial charge in [0, 0.05) is 43.1 Å². The van der Waals surface area contributed by atoms with Crippen LogP contribution in [0, 0.1) is 18.3 Å². The second-order valence-corrected chi connectivity index (χ2v) is 7.10. The number of benzene rings is 1. The first-order valence-corrected chi connectivity index (χ1v) is 9.28. The van der Waals surface area contributed by atoms with Crippen LogP contribution in [0.3, 0.4) is 0 Å². The smallest absolute Gasteiger partial charge is 0.241 e. The second-order valence-electron chi connectivity index (χ2n) is 6.66. The number of nitrogens with zero attached hydrogens (tertiary/aromatic N) is 4. The van der Waals surface area contributed by atoms with Gasteiger partial charge in [0.25, 0.3) is 0 Å². The van der Waals surface area contributed by atoms with Gasteiger partial charge in [0.15, 0.2) is 0 Å². The number of carbonyl (C=O) groups excluding carboxylic acids is 1. The van der Waals surface area contributed by atoms with E-state index in [0.29, 0.717) is 10.6 Å². The summed E-state index contributed by atoms with van der Waals surface area (Å²) in [5.41, 5.74) is 2.33. The van der Waals surface area contributed by atoms with Crippen LogP contribution in [0.2, 0.25) is 5.02 Å². The number of piperazine rings is 1. The number of nitriles is 1. The third kappa shape index (κ3) is 4.57. The first-order chi connectivity index (χ1) is 13.0. The highest BCUT2D eigenvalue weighted by molar-refractivity contribution is 6.31. The van der Waals surface area contributed by atoms with E-state index in [2.05, 4.69) is 26.2 Å². The zero-order chi connectivity index (χ0) is 19.4. The van der Waals surface area contributed by atoms with Gasteiger partial charge in [0.05, 0.1) is 17.7 Å². The van der Waals surface area contributed by atoms with E-state index in [1.54, 1.807) is 24.4 Å². The van der Waals surface area contributed by atoms with Gasteiger partial charge in [0.2, 0.25) is 5.91 Å². The zero-order valence-corrected chi connectivity index (χ0v) is 16.2. The Morgan fingerprint density at radius 1 is 1.26 bits per heavy atom. The topological polar surface area (TPSA) is 72.3 Å². The minimum absolute atomic E-state index is 0.0431. The number of halogens is 1. The van der Waals surface area contributed by atoms with Crippen molar-refractivity contribution in [3.8, 4) is 6.07 Å². The summed E-state index contributed by atoms with van der Waals surface area (Å²) >= 11 is 6.03. The summed E-state index contributed by atoms with van der Waals surface area (Å²) in [6, 6.07) is 10.9. The number of amides is 1. The van der Waals surface area contributed by atoms with Crippen LogP contribution in [0.25, 0.3) is 0 Å². The molecule has 140 valence electrons. The van der Waals surface area contributed by atoms with Crippen molar-refractivity contribution < 1.29 is 4.79 Å². The average molecular weight is 384 g/mol. The molecular formula is C20H22ClN5O. The first kappa shape index (κ1) is 19.2. The van der Waals surface area contributed by atoms with Crippen LogP contribution < -0.4 is 10.2 Å². The molecule has 0 saturated carbocycles. The van der Waals surface area contributed by atoms with Gasteiger partial charge < -0.3 is 10.2 Å². The minimum atomic E-state index is -0.246. The monoisotopic (exact) mass is 383 g/mol. The van der Waals surface area contributed by atoms with Crippen LogP contribution in [0.1, 0.15) is 18.1 Å². The van der Waals surface area contributed by atoms with Gasteiger partial charge in [-0.1, -0.05) is 17.7 Å². The maximum atomic E-state index is 12.7. The van der Waals surface area contributed by atoms with Crippen molar-refractivity contribution in [2.45, 2.75) is 19.9 Å². The fraction of sp³-hybridized carbons (Fsp3) is 0.350. The lowest BCUT2D eigenvalue weighted by Crippen LogP contribution is -2.53. The summed E-state index contributed by atoms with van der Waals surface area (Å²) in [6.07, 6.45) is 1.66. The third-order valence-corrected chi connectivity index (χ3v) is 5.13. The molecule has 1 aliphatic heterocycles. The Morgan fingerprint density at radius 3 is 2.70 bits per heavy atom. The molecule has 0 bridgehead atoms. The molecule has 1 atom stereocenters. The van der Waals surface area contributed by atoms with E-state index >= 15 is 0 Å². The molecule has 1 amide bonds. The summed E-state index contributed by atoms with van der Waals surface area (Å²) in [4.78, 5) is 21.3. The maximum absolute atomic E-state index is 12.7. The Hall–Kier alpha value is -2.62. The van der Waals surface area contributed by atoms with Crippen molar-refractivity contribution in [1.29, 1.82) is 5.26 Å². The van der Waals surface area contributed by atoms with E-state index in [-0.39, 0.29) is 11.9 Å². The van der Waals surface area contributed by atoms with E-state index < -0.39 is 0 Å². The Labute approximate surface area is 164 Å². The zero-order valence-electron chi connectivity index (χ0n) is 15.4. The predicted octanol–water partition coefficient (Wildman–Crippen LogP) is 3.06. The Bertz CT molecular complexity index is 871.